The van der Waals surface area contributed by atoms with Gasteiger partial charge in [-0.1, -0.05) is 48.0 Å². The topological polar surface area (TPSA) is 72.5 Å². The summed E-state index contributed by atoms with van der Waals surface area (Å²) in [6.45, 7) is -0.207. The Kier molecular flexibility index (Phi) is 5.30. The molecule has 7 heteroatoms. The molecule has 5 nitrogen and oxygen atoms in total. The van der Waals surface area contributed by atoms with E-state index in [1.165, 1.54) is 0 Å². The number of ether oxygens (including phenoxy) is 1. The zero-order chi connectivity index (χ0) is 17.9. The van der Waals surface area contributed by atoms with Crippen LogP contribution in [0, 0.1) is 0 Å². The van der Waals surface area contributed by atoms with Gasteiger partial charge in [-0.05, 0) is 29.7 Å². The molecule has 0 saturated carbocycles. The highest BCUT2D eigenvalue weighted by atomic mass is 35.5. The Morgan fingerprint density at radius 3 is 2.56 bits per heavy atom. The van der Waals surface area contributed by atoms with Crippen LogP contribution in [0.4, 0.5) is 0 Å². The minimum Gasteiger partial charge on any atom is -0.482 e. The van der Waals surface area contributed by atoms with Crippen LogP contribution in [0.2, 0.25) is 5.02 Å². The molecule has 2 aromatic carbocycles. The standard InChI is InChI=1S/C18H18ClNO4S/c19-16-10-14(13-4-2-1-3-5-13)6-7-17(16)24-11-18(21)20-15-8-9-25(22,23)12-15/h1-7,10,15H,8-9,11-12H2,(H,20,21). The van der Waals surface area contributed by atoms with Crippen molar-refractivity contribution in [2.24, 2.45) is 0 Å². The van der Waals surface area contributed by atoms with Crippen LogP contribution in [-0.4, -0.2) is 38.5 Å². The summed E-state index contributed by atoms with van der Waals surface area (Å²) in [5.41, 5.74) is 2.00. The van der Waals surface area contributed by atoms with Gasteiger partial charge in [0.25, 0.3) is 5.91 Å². The maximum absolute atomic E-state index is 11.9. The molecule has 132 valence electrons. The van der Waals surface area contributed by atoms with Crippen LogP contribution >= 0.6 is 11.6 Å². The molecule has 1 atom stereocenters. The second kappa shape index (κ2) is 7.45. The molecule has 0 bridgehead atoms. The van der Waals surface area contributed by atoms with Gasteiger partial charge in [-0.25, -0.2) is 8.42 Å². The number of halogens is 1. The van der Waals surface area contributed by atoms with E-state index in [-0.39, 0.29) is 30.1 Å². The summed E-state index contributed by atoms with van der Waals surface area (Å²) in [5.74, 6) is 0.164. The van der Waals surface area contributed by atoms with E-state index in [9.17, 15) is 13.2 Å². The molecule has 0 spiro atoms. The summed E-state index contributed by atoms with van der Waals surface area (Å²) in [6, 6.07) is 14.8. The quantitative estimate of drug-likeness (QED) is 0.866. The van der Waals surface area contributed by atoms with E-state index >= 15 is 0 Å². The largest absolute Gasteiger partial charge is 0.482 e. The summed E-state index contributed by atoms with van der Waals surface area (Å²) in [4.78, 5) is 11.9. The zero-order valence-electron chi connectivity index (χ0n) is 13.4. The van der Waals surface area contributed by atoms with Crippen LogP contribution in [0.1, 0.15) is 6.42 Å². The Hall–Kier alpha value is -2.05. The molecule has 1 N–H and O–H groups in total. The Morgan fingerprint density at radius 1 is 1.16 bits per heavy atom. The van der Waals surface area contributed by atoms with Crippen molar-refractivity contribution >= 4 is 27.3 Å². The van der Waals surface area contributed by atoms with Crippen molar-refractivity contribution in [3.63, 3.8) is 0 Å². The van der Waals surface area contributed by atoms with Crippen molar-refractivity contribution in [2.75, 3.05) is 18.1 Å². The molecule has 1 unspecified atom stereocenters. The highest BCUT2D eigenvalue weighted by molar-refractivity contribution is 7.91. The van der Waals surface area contributed by atoms with Crippen LogP contribution in [0.5, 0.6) is 5.75 Å². The lowest BCUT2D eigenvalue weighted by Gasteiger charge is -2.13. The number of benzene rings is 2. The molecule has 1 heterocycles. The molecule has 1 amide bonds. The van der Waals surface area contributed by atoms with Gasteiger partial charge in [0.1, 0.15) is 5.75 Å². The number of amides is 1. The highest BCUT2D eigenvalue weighted by Crippen LogP contribution is 2.30. The first-order valence-electron chi connectivity index (χ1n) is 7.90. The monoisotopic (exact) mass is 379 g/mol. The average molecular weight is 380 g/mol. The third kappa shape index (κ3) is 4.74. The normalized spacial score (nSPS) is 18.7. The fraction of sp³-hybridized carbons (Fsp3) is 0.278. The van der Waals surface area contributed by atoms with Gasteiger partial charge in [-0.15, -0.1) is 0 Å². The lowest BCUT2D eigenvalue weighted by Crippen LogP contribution is -2.38. The Balaban J connectivity index is 1.57. The summed E-state index contributed by atoms with van der Waals surface area (Å²) < 4.78 is 28.2. The third-order valence-electron chi connectivity index (χ3n) is 4.00. The van der Waals surface area contributed by atoms with Crippen LogP contribution in [-0.2, 0) is 14.6 Å². The molecule has 0 aliphatic carbocycles. The van der Waals surface area contributed by atoms with E-state index in [0.29, 0.717) is 17.2 Å². The lowest BCUT2D eigenvalue weighted by atomic mass is 10.1. The maximum Gasteiger partial charge on any atom is 0.258 e. The molecule has 0 aromatic heterocycles. The molecule has 25 heavy (non-hydrogen) atoms. The molecule has 1 fully saturated rings. The van der Waals surface area contributed by atoms with Gasteiger partial charge in [0.2, 0.25) is 0 Å². The predicted octanol–water partition coefficient (Wildman–Crippen LogP) is 2.69. The van der Waals surface area contributed by atoms with Crippen molar-refractivity contribution in [1.29, 1.82) is 0 Å². The number of carbonyl (C=O) groups is 1. The number of hydrogen-bond donors (Lipinski definition) is 1. The Labute approximate surface area is 151 Å². The summed E-state index contributed by atoms with van der Waals surface area (Å²) in [7, 11) is -3.02. The second-order valence-corrected chi connectivity index (χ2v) is 8.60. The molecule has 1 aliphatic heterocycles. The number of nitrogens with one attached hydrogen (secondary N) is 1. The summed E-state index contributed by atoms with van der Waals surface area (Å²) >= 11 is 6.23. The van der Waals surface area contributed by atoms with E-state index in [0.717, 1.165) is 11.1 Å². The van der Waals surface area contributed by atoms with Gasteiger partial charge in [0, 0.05) is 6.04 Å². The maximum atomic E-state index is 11.9. The zero-order valence-corrected chi connectivity index (χ0v) is 15.0. The Bertz CT molecular complexity index is 868. The van der Waals surface area contributed by atoms with E-state index in [1.54, 1.807) is 12.1 Å². The SMILES string of the molecule is O=C(COc1ccc(-c2ccccc2)cc1Cl)NC1CCS(=O)(=O)C1. The summed E-state index contributed by atoms with van der Waals surface area (Å²) in [5, 5.41) is 3.09. The van der Waals surface area contributed by atoms with Crippen molar-refractivity contribution in [3.8, 4) is 16.9 Å². The fourth-order valence-electron chi connectivity index (χ4n) is 2.75. The van der Waals surface area contributed by atoms with Gasteiger partial charge < -0.3 is 10.1 Å². The molecule has 0 radical (unpaired) electrons. The van der Waals surface area contributed by atoms with Crippen molar-refractivity contribution in [3.05, 3.63) is 53.6 Å². The number of carbonyl (C=O) groups excluding carboxylic acids is 1. The number of sulfone groups is 1. The second-order valence-electron chi connectivity index (χ2n) is 5.97. The first kappa shape index (κ1) is 17.8. The summed E-state index contributed by atoms with van der Waals surface area (Å²) in [6.07, 6.45) is 0.445. The van der Waals surface area contributed by atoms with Gasteiger partial charge in [-0.2, -0.15) is 0 Å². The molecule has 2 aromatic rings. The van der Waals surface area contributed by atoms with Gasteiger partial charge >= 0.3 is 0 Å². The molecular formula is C18H18ClNO4S. The minimum absolute atomic E-state index is 0.00866. The molecule has 3 rings (SSSR count). The van der Waals surface area contributed by atoms with E-state index in [4.69, 9.17) is 16.3 Å². The van der Waals surface area contributed by atoms with Crippen molar-refractivity contribution in [1.82, 2.24) is 5.32 Å². The van der Waals surface area contributed by atoms with E-state index in [1.807, 2.05) is 36.4 Å². The smallest absolute Gasteiger partial charge is 0.258 e. The van der Waals surface area contributed by atoms with Crippen LogP contribution in [0.25, 0.3) is 11.1 Å². The van der Waals surface area contributed by atoms with Crippen molar-refractivity contribution < 1.29 is 17.9 Å². The average Bonchev–Trinajstić information content (AvgIpc) is 2.93. The molecule has 1 saturated heterocycles. The Morgan fingerprint density at radius 2 is 1.92 bits per heavy atom. The predicted molar refractivity (Wildman–Crippen MR) is 97.6 cm³/mol. The fourth-order valence-corrected chi connectivity index (χ4v) is 4.66. The van der Waals surface area contributed by atoms with Gasteiger partial charge in [0.15, 0.2) is 16.4 Å². The number of hydrogen-bond acceptors (Lipinski definition) is 4. The van der Waals surface area contributed by atoms with Crippen LogP contribution in [0.3, 0.4) is 0 Å². The molecule has 1 aliphatic rings. The number of rotatable bonds is 5. The van der Waals surface area contributed by atoms with E-state index in [2.05, 4.69) is 5.32 Å². The minimum atomic E-state index is -3.02. The first-order valence-corrected chi connectivity index (χ1v) is 10.1. The van der Waals surface area contributed by atoms with Crippen molar-refractivity contribution in [2.45, 2.75) is 12.5 Å². The van der Waals surface area contributed by atoms with E-state index < -0.39 is 9.84 Å². The molecular weight excluding hydrogens is 362 g/mol. The van der Waals surface area contributed by atoms with Crippen LogP contribution < -0.4 is 10.1 Å². The third-order valence-corrected chi connectivity index (χ3v) is 6.06. The highest BCUT2D eigenvalue weighted by Gasteiger charge is 2.28. The lowest BCUT2D eigenvalue weighted by molar-refractivity contribution is -0.123. The first-order chi connectivity index (χ1) is 11.9. The van der Waals surface area contributed by atoms with Gasteiger partial charge in [0.05, 0.1) is 16.5 Å². The van der Waals surface area contributed by atoms with Crippen LogP contribution in [0.15, 0.2) is 48.5 Å². The van der Waals surface area contributed by atoms with Gasteiger partial charge in [-0.3, -0.25) is 4.79 Å².